The Morgan fingerprint density at radius 2 is 1.88 bits per heavy atom. The molecule has 1 aliphatic heterocycles. The molecule has 1 aromatic carbocycles. The van der Waals surface area contributed by atoms with Crippen LogP contribution in [0.1, 0.15) is 16.8 Å². The molecule has 1 fully saturated rings. The van der Waals surface area contributed by atoms with Gasteiger partial charge in [-0.3, -0.25) is 9.59 Å². The van der Waals surface area contributed by atoms with Crippen LogP contribution in [-0.4, -0.2) is 74.5 Å². The van der Waals surface area contributed by atoms with Gasteiger partial charge in [-0.25, -0.2) is 0 Å². The van der Waals surface area contributed by atoms with Crippen LogP contribution in [0.25, 0.3) is 0 Å². The van der Waals surface area contributed by atoms with E-state index in [0.29, 0.717) is 30.1 Å². The van der Waals surface area contributed by atoms with Crippen LogP contribution in [0.5, 0.6) is 0 Å². The first-order valence-corrected chi connectivity index (χ1v) is 8.53. The van der Waals surface area contributed by atoms with Crippen molar-refractivity contribution in [1.29, 1.82) is 0 Å². The van der Waals surface area contributed by atoms with Gasteiger partial charge >= 0.3 is 0 Å². The fourth-order valence-electron chi connectivity index (χ4n) is 2.73. The van der Waals surface area contributed by atoms with E-state index < -0.39 is 0 Å². The zero-order valence-electron chi connectivity index (χ0n) is 14.2. The number of likely N-dealkylation sites (N-methyl/N-ethyl adjacent to an activating group) is 2. The molecule has 132 valence electrons. The molecule has 0 spiro atoms. The van der Waals surface area contributed by atoms with Crippen LogP contribution in [0.15, 0.2) is 24.3 Å². The minimum absolute atomic E-state index is 0.00847. The highest BCUT2D eigenvalue weighted by atomic mass is 35.5. The largest absolute Gasteiger partial charge is 0.354 e. The zero-order valence-corrected chi connectivity index (χ0v) is 15.0. The smallest absolute Gasteiger partial charge is 0.252 e. The fraction of sp³-hybridized carbons (Fsp3) is 0.529. The molecule has 1 unspecified atom stereocenters. The van der Waals surface area contributed by atoms with E-state index in [2.05, 4.69) is 34.5 Å². The standard InChI is InChI=1S/C17H25ClN4O2/c1-21-9-10-22(2)13(12-21)11-16(23)19-7-8-20-17(24)14-5-3-4-6-15(14)18/h3-6,13H,7-12H2,1-2H3,(H,19,23)(H,20,24). The second-order valence-corrected chi connectivity index (χ2v) is 6.59. The monoisotopic (exact) mass is 352 g/mol. The molecule has 2 amide bonds. The van der Waals surface area contributed by atoms with Crippen LogP contribution in [0.2, 0.25) is 5.02 Å². The zero-order chi connectivity index (χ0) is 17.5. The number of nitrogens with one attached hydrogen (secondary N) is 2. The lowest BCUT2D eigenvalue weighted by Gasteiger charge is -2.37. The average molecular weight is 353 g/mol. The molecular weight excluding hydrogens is 328 g/mol. The summed E-state index contributed by atoms with van der Waals surface area (Å²) in [5.41, 5.74) is 0.442. The van der Waals surface area contributed by atoms with Crippen molar-refractivity contribution in [3.8, 4) is 0 Å². The van der Waals surface area contributed by atoms with E-state index in [9.17, 15) is 9.59 Å². The predicted octanol–water partition coefficient (Wildman–Crippen LogP) is 0.822. The SMILES string of the molecule is CN1CCN(C)C(CC(=O)NCCNC(=O)c2ccccc2Cl)C1. The second kappa shape index (κ2) is 9.01. The topological polar surface area (TPSA) is 64.7 Å². The van der Waals surface area contributed by atoms with Crippen LogP contribution < -0.4 is 10.6 Å². The van der Waals surface area contributed by atoms with Gasteiger partial charge in [-0.2, -0.15) is 0 Å². The molecule has 24 heavy (non-hydrogen) atoms. The molecule has 0 aromatic heterocycles. The average Bonchev–Trinajstić information content (AvgIpc) is 2.55. The van der Waals surface area contributed by atoms with Crippen molar-refractivity contribution in [1.82, 2.24) is 20.4 Å². The van der Waals surface area contributed by atoms with Gasteiger partial charge in [0.25, 0.3) is 5.91 Å². The maximum Gasteiger partial charge on any atom is 0.252 e. The van der Waals surface area contributed by atoms with Gasteiger partial charge in [0.2, 0.25) is 5.91 Å². The fourth-order valence-corrected chi connectivity index (χ4v) is 2.95. The van der Waals surface area contributed by atoms with Crippen molar-refractivity contribution >= 4 is 23.4 Å². The number of hydrogen-bond acceptors (Lipinski definition) is 4. The molecular formula is C17H25ClN4O2. The van der Waals surface area contributed by atoms with E-state index in [0.717, 1.165) is 19.6 Å². The third-order valence-electron chi connectivity index (χ3n) is 4.25. The van der Waals surface area contributed by atoms with Crippen LogP contribution in [-0.2, 0) is 4.79 Å². The first-order chi connectivity index (χ1) is 11.5. The van der Waals surface area contributed by atoms with Crippen LogP contribution >= 0.6 is 11.6 Å². The van der Waals surface area contributed by atoms with Crippen LogP contribution in [0, 0.1) is 0 Å². The third-order valence-corrected chi connectivity index (χ3v) is 4.58. The minimum Gasteiger partial charge on any atom is -0.354 e. The molecule has 1 aliphatic rings. The van der Waals surface area contributed by atoms with Gasteiger partial charge in [-0.15, -0.1) is 0 Å². The molecule has 2 rings (SSSR count). The molecule has 1 saturated heterocycles. The maximum absolute atomic E-state index is 12.0. The predicted molar refractivity (Wildman–Crippen MR) is 95.3 cm³/mol. The Morgan fingerprint density at radius 3 is 2.62 bits per heavy atom. The molecule has 6 nitrogen and oxygen atoms in total. The van der Waals surface area contributed by atoms with Crippen molar-refractivity contribution in [2.75, 3.05) is 46.8 Å². The first kappa shape index (κ1) is 18.7. The molecule has 7 heteroatoms. The summed E-state index contributed by atoms with van der Waals surface area (Å²) in [6, 6.07) is 7.13. The Balaban J connectivity index is 1.67. The van der Waals surface area contributed by atoms with Crippen molar-refractivity contribution < 1.29 is 9.59 Å². The number of nitrogens with zero attached hydrogens (tertiary/aromatic N) is 2. The first-order valence-electron chi connectivity index (χ1n) is 8.15. The molecule has 1 heterocycles. The second-order valence-electron chi connectivity index (χ2n) is 6.19. The van der Waals surface area contributed by atoms with Gasteiger partial charge in [0.05, 0.1) is 10.6 Å². The summed E-state index contributed by atoms with van der Waals surface area (Å²) in [7, 11) is 4.12. The summed E-state index contributed by atoms with van der Waals surface area (Å²) in [6.07, 6.45) is 0.472. The number of carbonyl (C=O) groups is 2. The lowest BCUT2D eigenvalue weighted by atomic mass is 10.1. The third kappa shape index (κ3) is 5.47. The van der Waals surface area contributed by atoms with Crippen molar-refractivity contribution in [3.05, 3.63) is 34.9 Å². The molecule has 1 aromatic rings. The number of amides is 2. The normalized spacial score (nSPS) is 19.0. The summed E-state index contributed by atoms with van der Waals surface area (Å²) >= 11 is 5.98. The minimum atomic E-state index is -0.233. The van der Waals surface area contributed by atoms with Gasteiger partial charge in [0, 0.05) is 45.2 Å². The Bertz CT molecular complexity index is 581. The van der Waals surface area contributed by atoms with Gasteiger partial charge in [-0.1, -0.05) is 23.7 Å². The van der Waals surface area contributed by atoms with Crippen molar-refractivity contribution in [2.24, 2.45) is 0 Å². The van der Waals surface area contributed by atoms with E-state index in [1.165, 1.54) is 0 Å². The number of rotatable bonds is 6. The van der Waals surface area contributed by atoms with Crippen molar-refractivity contribution in [3.63, 3.8) is 0 Å². The maximum atomic E-state index is 12.0. The number of halogens is 1. The molecule has 2 N–H and O–H groups in total. The molecule has 0 saturated carbocycles. The Labute approximate surface area is 148 Å². The molecule has 0 bridgehead atoms. The van der Waals surface area contributed by atoms with Gasteiger partial charge in [-0.05, 0) is 26.2 Å². The van der Waals surface area contributed by atoms with E-state index in [4.69, 9.17) is 11.6 Å². The van der Waals surface area contributed by atoms with E-state index in [-0.39, 0.29) is 17.9 Å². The van der Waals surface area contributed by atoms with E-state index >= 15 is 0 Å². The van der Waals surface area contributed by atoms with Gasteiger partial charge in [0.15, 0.2) is 0 Å². The summed E-state index contributed by atoms with van der Waals surface area (Å²) < 4.78 is 0. The quantitative estimate of drug-likeness (QED) is 0.744. The highest BCUT2D eigenvalue weighted by molar-refractivity contribution is 6.33. The summed E-state index contributed by atoms with van der Waals surface area (Å²) in [4.78, 5) is 28.5. The highest BCUT2D eigenvalue weighted by Crippen LogP contribution is 2.14. The number of hydrogen-bond donors (Lipinski definition) is 2. The van der Waals surface area contributed by atoms with Crippen LogP contribution in [0.4, 0.5) is 0 Å². The lowest BCUT2D eigenvalue weighted by molar-refractivity contribution is -0.122. The molecule has 0 aliphatic carbocycles. The summed E-state index contributed by atoms with van der Waals surface area (Å²) in [5, 5.41) is 6.03. The number of benzene rings is 1. The Hall–Kier alpha value is -1.63. The number of carbonyl (C=O) groups excluding carboxylic acids is 2. The highest BCUT2D eigenvalue weighted by Gasteiger charge is 2.24. The molecule has 1 atom stereocenters. The lowest BCUT2D eigenvalue weighted by Crippen LogP contribution is -2.51. The Kier molecular flexibility index (Phi) is 7.02. The van der Waals surface area contributed by atoms with E-state index in [1.54, 1.807) is 24.3 Å². The summed E-state index contributed by atoms with van der Waals surface area (Å²) in [5.74, 6) is -0.224. The van der Waals surface area contributed by atoms with Crippen LogP contribution in [0.3, 0.4) is 0 Å². The number of piperazine rings is 1. The van der Waals surface area contributed by atoms with Crippen molar-refractivity contribution in [2.45, 2.75) is 12.5 Å². The Morgan fingerprint density at radius 1 is 1.17 bits per heavy atom. The van der Waals surface area contributed by atoms with E-state index in [1.807, 2.05) is 0 Å². The van der Waals surface area contributed by atoms with Gasteiger partial charge < -0.3 is 20.4 Å². The van der Waals surface area contributed by atoms with Gasteiger partial charge in [0.1, 0.15) is 0 Å². The summed E-state index contributed by atoms with van der Waals surface area (Å²) in [6.45, 7) is 3.68. The molecule has 0 radical (unpaired) electrons.